The Hall–Kier alpha value is -2.16. The molecule has 0 spiro atoms. The number of aryl methyl sites for hydroxylation is 1. The van der Waals surface area contributed by atoms with Crippen molar-refractivity contribution < 1.29 is 0 Å². The molecule has 4 heterocycles. The van der Waals surface area contributed by atoms with Crippen molar-refractivity contribution in [1.82, 2.24) is 34.8 Å². The van der Waals surface area contributed by atoms with E-state index in [2.05, 4.69) is 42.4 Å². The van der Waals surface area contributed by atoms with Crippen molar-refractivity contribution in [2.45, 2.75) is 32.4 Å². The van der Waals surface area contributed by atoms with E-state index in [-0.39, 0.29) is 24.8 Å². The van der Waals surface area contributed by atoms with Gasteiger partial charge in [-0.1, -0.05) is 5.21 Å². The molecule has 152 valence electrons. The second-order valence-electron chi connectivity index (χ2n) is 6.63. The predicted octanol–water partition coefficient (Wildman–Crippen LogP) is 2.73. The first-order chi connectivity index (χ1) is 12.8. The largest absolute Gasteiger partial charge is 0.383 e. The lowest BCUT2D eigenvalue weighted by atomic mass is 10.1. The molecule has 1 aliphatic rings. The van der Waals surface area contributed by atoms with Crippen LogP contribution in [0.5, 0.6) is 0 Å². The van der Waals surface area contributed by atoms with Gasteiger partial charge in [0.2, 0.25) is 0 Å². The maximum atomic E-state index is 4.49. The average Bonchev–Trinajstić information content (AvgIpc) is 3.33. The smallest absolute Gasteiger partial charge is 0.162 e. The molecule has 3 aromatic heterocycles. The van der Waals surface area contributed by atoms with Crippen LogP contribution in [0.15, 0.2) is 37.1 Å². The van der Waals surface area contributed by atoms with E-state index >= 15 is 0 Å². The zero-order chi connectivity index (χ0) is 17.8. The summed E-state index contributed by atoms with van der Waals surface area (Å²) in [5, 5.41) is 15.5. The van der Waals surface area contributed by atoms with Crippen LogP contribution >= 0.6 is 24.8 Å². The van der Waals surface area contributed by atoms with E-state index in [1.54, 1.807) is 6.20 Å². The lowest BCUT2D eigenvalue weighted by Crippen LogP contribution is -2.29. The summed E-state index contributed by atoms with van der Waals surface area (Å²) in [4.78, 5) is 8.61. The average molecular weight is 425 g/mol. The van der Waals surface area contributed by atoms with Crippen LogP contribution in [0.25, 0.3) is 11.5 Å². The quantitative estimate of drug-likeness (QED) is 0.632. The molecular formula is C18H26Cl2N8. The molecule has 0 bridgehead atoms. The molecule has 4 rings (SSSR count). The minimum absolute atomic E-state index is 0. The summed E-state index contributed by atoms with van der Waals surface area (Å²) in [6.45, 7) is 5.73. The summed E-state index contributed by atoms with van der Waals surface area (Å²) in [7, 11) is 0. The van der Waals surface area contributed by atoms with Gasteiger partial charge in [0.25, 0.3) is 0 Å². The van der Waals surface area contributed by atoms with Crippen LogP contribution in [0, 0.1) is 6.92 Å². The summed E-state index contributed by atoms with van der Waals surface area (Å²) in [5.74, 6) is 0.860. The van der Waals surface area contributed by atoms with Crippen LogP contribution in [0.4, 0.5) is 5.69 Å². The number of hydrogen-bond acceptors (Lipinski definition) is 6. The summed E-state index contributed by atoms with van der Waals surface area (Å²) < 4.78 is 4.11. The third kappa shape index (κ3) is 5.01. The van der Waals surface area contributed by atoms with Crippen LogP contribution in [-0.4, -0.2) is 49.2 Å². The molecule has 0 atom stereocenters. The SMILES string of the molecule is Cc1cnccc1NCCn1ccnc1-c1cn(C2CCNCC2)nn1.Cl.Cl. The highest BCUT2D eigenvalue weighted by molar-refractivity contribution is 5.85. The number of nitrogens with zero attached hydrogens (tertiary/aromatic N) is 6. The van der Waals surface area contributed by atoms with Crippen LogP contribution in [0.3, 0.4) is 0 Å². The monoisotopic (exact) mass is 424 g/mol. The van der Waals surface area contributed by atoms with Crippen molar-refractivity contribution in [3.05, 3.63) is 42.6 Å². The van der Waals surface area contributed by atoms with Gasteiger partial charge in [-0.05, 0) is 44.5 Å². The van der Waals surface area contributed by atoms with Gasteiger partial charge in [-0.15, -0.1) is 29.9 Å². The van der Waals surface area contributed by atoms with E-state index in [1.807, 2.05) is 35.5 Å². The van der Waals surface area contributed by atoms with Crippen molar-refractivity contribution in [3.8, 4) is 11.5 Å². The van der Waals surface area contributed by atoms with E-state index in [4.69, 9.17) is 0 Å². The fraction of sp³-hybridized carbons (Fsp3) is 0.444. The molecular weight excluding hydrogens is 399 g/mol. The number of nitrogens with one attached hydrogen (secondary N) is 2. The summed E-state index contributed by atoms with van der Waals surface area (Å²) in [6.07, 6.45) is 11.7. The van der Waals surface area contributed by atoms with E-state index in [9.17, 15) is 0 Å². The van der Waals surface area contributed by atoms with Gasteiger partial charge >= 0.3 is 0 Å². The lowest BCUT2D eigenvalue weighted by Gasteiger charge is -2.22. The van der Waals surface area contributed by atoms with Gasteiger partial charge in [-0.2, -0.15) is 0 Å². The fourth-order valence-electron chi connectivity index (χ4n) is 3.33. The summed E-state index contributed by atoms with van der Waals surface area (Å²) in [5.41, 5.74) is 3.08. The van der Waals surface area contributed by atoms with Crippen LogP contribution in [0.1, 0.15) is 24.4 Å². The Labute approximate surface area is 177 Å². The molecule has 28 heavy (non-hydrogen) atoms. The molecule has 0 unspecified atom stereocenters. The highest BCUT2D eigenvalue weighted by Gasteiger charge is 2.18. The third-order valence-electron chi connectivity index (χ3n) is 4.83. The number of aromatic nitrogens is 6. The van der Waals surface area contributed by atoms with E-state index < -0.39 is 0 Å². The van der Waals surface area contributed by atoms with Crippen molar-refractivity contribution in [1.29, 1.82) is 0 Å². The molecule has 0 aromatic carbocycles. The Morgan fingerprint density at radius 3 is 2.82 bits per heavy atom. The van der Waals surface area contributed by atoms with Crippen LogP contribution in [0.2, 0.25) is 0 Å². The number of anilines is 1. The Morgan fingerprint density at radius 2 is 2.04 bits per heavy atom. The molecule has 8 nitrogen and oxygen atoms in total. The Bertz CT molecular complexity index is 857. The maximum Gasteiger partial charge on any atom is 0.162 e. The van der Waals surface area contributed by atoms with Crippen molar-refractivity contribution in [3.63, 3.8) is 0 Å². The molecule has 1 fully saturated rings. The Kier molecular flexibility index (Phi) is 8.22. The maximum absolute atomic E-state index is 4.49. The van der Waals surface area contributed by atoms with Crippen molar-refractivity contribution >= 4 is 30.5 Å². The highest BCUT2D eigenvalue weighted by Crippen LogP contribution is 2.21. The molecule has 10 heteroatoms. The topological polar surface area (TPSA) is 85.5 Å². The number of rotatable bonds is 6. The van der Waals surface area contributed by atoms with Gasteiger partial charge in [0.05, 0.1) is 12.2 Å². The molecule has 0 saturated carbocycles. The molecule has 1 aliphatic heterocycles. The minimum atomic E-state index is 0. The number of hydrogen-bond donors (Lipinski definition) is 2. The summed E-state index contributed by atoms with van der Waals surface area (Å²) in [6, 6.07) is 2.42. The lowest BCUT2D eigenvalue weighted by molar-refractivity contribution is 0.337. The second kappa shape index (κ2) is 10.4. The Balaban J connectivity index is 0.00000140. The second-order valence-corrected chi connectivity index (χ2v) is 6.63. The first-order valence-corrected chi connectivity index (χ1v) is 9.10. The predicted molar refractivity (Wildman–Crippen MR) is 114 cm³/mol. The van der Waals surface area contributed by atoms with Gasteiger partial charge in [0.15, 0.2) is 5.82 Å². The molecule has 0 amide bonds. The minimum Gasteiger partial charge on any atom is -0.383 e. The molecule has 0 aliphatic carbocycles. The van der Waals surface area contributed by atoms with E-state index in [0.717, 1.165) is 61.8 Å². The van der Waals surface area contributed by atoms with Gasteiger partial charge < -0.3 is 15.2 Å². The van der Waals surface area contributed by atoms with Gasteiger partial charge in [-0.25, -0.2) is 9.67 Å². The van der Waals surface area contributed by atoms with Gasteiger partial charge in [-0.3, -0.25) is 4.98 Å². The molecule has 0 radical (unpaired) electrons. The standard InChI is InChI=1S/C18H24N8.2ClH/c1-14-12-20-7-4-16(14)21-8-10-25-11-9-22-18(25)17-13-26(24-23-17)15-2-5-19-6-3-15;;/h4,7,9,11-13,15,19H,2-3,5-6,8,10H2,1H3,(H,20,21);2*1H. The number of piperidine rings is 1. The van der Waals surface area contributed by atoms with Crippen LogP contribution < -0.4 is 10.6 Å². The third-order valence-corrected chi connectivity index (χ3v) is 4.83. The highest BCUT2D eigenvalue weighted by atomic mass is 35.5. The zero-order valence-electron chi connectivity index (χ0n) is 15.8. The number of pyridine rings is 1. The Morgan fingerprint density at radius 1 is 1.21 bits per heavy atom. The van der Waals surface area contributed by atoms with Crippen molar-refractivity contribution in [2.75, 3.05) is 25.0 Å². The number of halogens is 2. The van der Waals surface area contributed by atoms with Crippen LogP contribution in [-0.2, 0) is 6.54 Å². The van der Waals surface area contributed by atoms with Gasteiger partial charge in [0.1, 0.15) is 5.69 Å². The number of imidazole rings is 1. The first-order valence-electron chi connectivity index (χ1n) is 9.10. The van der Waals surface area contributed by atoms with E-state index in [0.29, 0.717) is 6.04 Å². The first kappa shape index (κ1) is 22.1. The molecule has 3 aromatic rings. The molecule has 2 N–H and O–H groups in total. The normalized spacial score (nSPS) is 14.2. The molecule has 1 saturated heterocycles. The van der Waals surface area contributed by atoms with Gasteiger partial charge in [0, 0.05) is 43.6 Å². The van der Waals surface area contributed by atoms with E-state index in [1.165, 1.54) is 0 Å². The summed E-state index contributed by atoms with van der Waals surface area (Å²) >= 11 is 0. The zero-order valence-corrected chi connectivity index (χ0v) is 17.4. The fourth-order valence-corrected chi connectivity index (χ4v) is 3.33. The van der Waals surface area contributed by atoms with Crippen molar-refractivity contribution in [2.24, 2.45) is 0 Å².